The van der Waals surface area contributed by atoms with E-state index in [2.05, 4.69) is 9.88 Å². The van der Waals surface area contributed by atoms with Gasteiger partial charge in [0.05, 0.1) is 5.75 Å². The lowest BCUT2D eigenvalue weighted by Crippen LogP contribution is -2.42. The third-order valence-corrected chi connectivity index (χ3v) is 5.41. The van der Waals surface area contributed by atoms with Crippen molar-refractivity contribution in [2.75, 3.05) is 4.72 Å². The van der Waals surface area contributed by atoms with Crippen molar-refractivity contribution in [3.05, 3.63) is 63.8 Å². The van der Waals surface area contributed by atoms with Crippen LogP contribution in [0.1, 0.15) is 24.2 Å². The highest BCUT2D eigenvalue weighted by molar-refractivity contribution is 7.91. The summed E-state index contributed by atoms with van der Waals surface area (Å²) in [6.45, 7) is 2.93. The molecule has 1 heterocycles. The fraction of sp³-hybridized carbons (Fsp3) is 0.278. The number of anilines is 1. The first-order valence-corrected chi connectivity index (χ1v) is 10.6. The van der Waals surface area contributed by atoms with Gasteiger partial charge in [0, 0.05) is 5.69 Å². The number of guanidine groups is 1. The number of rotatable bonds is 9. The zero-order valence-corrected chi connectivity index (χ0v) is 17.6. The Morgan fingerprint density at radius 2 is 1.94 bits per heavy atom. The molecule has 31 heavy (non-hydrogen) atoms. The number of carbonyl (C=O) groups excluding carboxylic acids is 1. The summed E-state index contributed by atoms with van der Waals surface area (Å²) in [5.41, 5.74) is 15.2. The number of nitrogens with zero attached hydrogens (tertiary/aromatic N) is 2. The van der Waals surface area contributed by atoms with Crippen LogP contribution in [0.15, 0.2) is 46.3 Å². The molecular weight excluding hydrogens is 431 g/mol. The maximum atomic E-state index is 13.3. The summed E-state index contributed by atoms with van der Waals surface area (Å²) >= 11 is 0. The lowest BCUT2D eigenvalue weighted by Gasteiger charge is -2.24. The normalized spacial score (nSPS) is 13.1. The van der Waals surface area contributed by atoms with E-state index in [1.54, 1.807) is 0 Å². The Kier molecular flexibility index (Phi) is 7.23. The Hall–Kier alpha value is -3.61. The molecule has 0 radical (unpaired) electrons. The Morgan fingerprint density at radius 3 is 2.52 bits per heavy atom. The molecule has 0 aliphatic heterocycles. The largest absolute Gasteiger partial charge is 0.387 e. The highest BCUT2D eigenvalue weighted by Gasteiger charge is 2.30. The highest BCUT2D eigenvalue weighted by atomic mass is 32.2. The number of pyridine rings is 1. The number of sulfonamides is 1. The Balaban J connectivity index is 2.41. The van der Waals surface area contributed by atoms with Crippen molar-refractivity contribution in [2.24, 2.45) is 22.4 Å². The van der Waals surface area contributed by atoms with Crippen molar-refractivity contribution in [3.63, 3.8) is 0 Å². The van der Waals surface area contributed by atoms with E-state index in [-0.39, 0.29) is 11.3 Å². The third-order valence-electron chi connectivity index (χ3n) is 4.17. The van der Waals surface area contributed by atoms with E-state index < -0.39 is 51.2 Å². The van der Waals surface area contributed by atoms with Crippen LogP contribution in [0, 0.1) is 12.7 Å². The zero-order valence-electron chi connectivity index (χ0n) is 16.8. The zero-order chi connectivity index (χ0) is 23.3. The van der Waals surface area contributed by atoms with Gasteiger partial charge in [-0.1, -0.05) is 12.1 Å². The molecule has 7 N–H and O–H groups in total. The lowest BCUT2D eigenvalue weighted by atomic mass is 10.1. The van der Waals surface area contributed by atoms with Gasteiger partial charge in [-0.25, -0.2) is 12.8 Å². The van der Waals surface area contributed by atoms with Gasteiger partial charge in [0.25, 0.3) is 5.56 Å². The molecule has 0 saturated heterocycles. The lowest BCUT2D eigenvalue weighted by molar-refractivity contribution is -0.125. The number of amides is 1. The van der Waals surface area contributed by atoms with E-state index in [1.165, 1.54) is 44.2 Å². The van der Waals surface area contributed by atoms with Gasteiger partial charge in [-0.05, 0) is 48.8 Å². The van der Waals surface area contributed by atoms with Gasteiger partial charge in [0.1, 0.15) is 11.5 Å². The van der Waals surface area contributed by atoms with E-state index in [0.29, 0.717) is 5.69 Å². The fourth-order valence-electron chi connectivity index (χ4n) is 2.89. The standard InChI is InChI=1S/C18H23FN6O5S/c1-10-6-7-14(24-31(28,29)9-12-4-3-5-13(19)8-12)17(27)25(10)15(16(20)26)11(2)30-23-18(21)22/h3-8,11,15,24H,9H2,1-2H3,(H2,20,26)(H4,21,22,23). The molecular formula is C18H23FN6O5S. The van der Waals surface area contributed by atoms with Crippen LogP contribution in [0.25, 0.3) is 0 Å². The Morgan fingerprint density at radius 1 is 1.26 bits per heavy atom. The van der Waals surface area contributed by atoms with Crippen LogP contribution < -0.4 is 27.5 Å². The molecule has 1 aromatic heterocycles. The van der Waals surface area contributed by atoms with Crippen LogP contribution in [0.4, 0.5) is 10.1 Å². The Labute approximate surface area is 177 Å². The van der Waals surface area contributed by atoms with Crippen molar-refractivity contribution in [1.82, 2.24) is 4.57 Å². The van der Waals surface area contributed by atoms with Crippen molar-refractivity contribution < 1.29 is 22.4 Å². The Bertz CT molecular complexity index is 1160. The molecule has 13 heteroatoms. The molecule has 2 atom stereocenters. The van der Waals surface area contributed by atoms with Crippen LogP contribution in [0.5, 0.6) is 0 Å². The molecule has 0 aliphatic carbocycles. The number of primary amides is 1. The first-order chi connectivity index (χ1) is 14.4. The summed E-state index contributed by atoms with van der Waals surface area (Å²) in [6.07, 6.45) is -1.06. The van der Waals surface area contributed by atoms with Gasteiger partial charge < -0.3 is 22.0 Å². The molecule has 0 fully saturated rings. The van der Waals surface area contributed by atoms with E-state index in [1.807, 2.05) is 0 Å². The summed E-state index contributed by atoms with van der Waals surface area (Å²) in [5, 5.41) is 3.36. The van der Waals surface area contributed by atoms with Crippen LogP contribution >= 0.6 is 0 Å². The average Bonchev–Trinajstić information content (AvgIpc) is 2.64. The molecule has 168 valence electrons. The number of aryl methyl sites for hydroxylation is 1. The molecule has 0 bridgehead atoms. The van der Waals surface area contributed by atoms with Crippen LogP contribution in [0.3, 0.4) is 0 Å². The summed E-state index contributed by atoms with van der Waals surface area (Å²) in [4.78, 5) is 30.1. The second kappa shape index (κ2) is 9.47. The van der Waals surface area contributed by atoms with Crippen LogP contribution in [0.2, 0.25) is 0 Å². The molecule has 2 rings (SSSR count). The van der Waals surface area contributed by atoms with E-state index in [9.17, 15) is 22.4 Å². The van der Waals surface area contributed by atoms with Crippen LogP contribution in [-0.4, -0.2) is 31.0 Å². The number of nitrogens with two attached hydrogens (primary N) is 3. The SMILES string of the molecule is Cc1ccc(NS(=O)(=O)Cc2cccc(F)c2)c(=O)n1C(C(N)=O)C(C)ON=C(N)N. The van der Waals surface area contributed by atoms with E-state index in [0.717, 1.165) is 10.6 Å². The molecule has 1 amide bonds. The topological polar surface area (TPSA) is 185 Å². The minimum Gasteiger partial charge on any atom is -0.387 e. The minimum absolute atomic E-state index is 0.189. The van der Waals surface area contributed by atoms with Crippen molar-refractivity contribution >= 4 is 27.6 Å². The molecule has 1 aromatic carbocycles. The first-order valence-electron chi connectivity index (χ1n) is 8.92. The molecule has 0 aliphatic rings. The van der Waals surface area contributed by atoms with Gasteiger partial charge in [-0.15, -0.1) is 0 Å². The third kappa shape index (κ3) is 6.18. The summed E-state index contributed by atoms with van der Waals surface area (Å²) in [5.74, 6) is -2.49. The second-order valence-electron chi connectivity index (χ2n) is 6.73. The second-order valence-corrected chi connectivity index (χ2v) is 8.45. The van der Waals surface area contributed by atoms with Crippen molar-refractivity contribution in [3.8, 4) is 0 Å². The number of benzene rings is 1. The number of halogens is 1. The summed E-state index contributed by atoms with van der Waals surface area (Å²) in [7, 11) is -4.08. The average molecular weight is 454 g/mol. The van der Waals surface area contributed by atoms with Crippen LogP contribution in [-0.2, 0) is 25.4 Å². The quantitative estimate of drug-likeness (QED) is 0.231. The molecule has 2 unspecified atom stereocenters. The van der Waals surface area contributed by atoms with Gasteiger partial charge in [0.2, 0.25) is 21.9 Å². The molecule has 2 aromatic rings. The molecule has 0 saturated carbocycles. The smallest absolute Gasteiger partial charge is 0.275 e. The van der Waals surface area contributed by atoms with Crippen molar-refractivity contribution in [2.45, 2.75) is 31.7 Å². The van der Waals surface area contributed by atoms with E-state index >= 15 is 0 Å². The summed E-state index contributed by atoms with van der Waals surface area (Å²) < 4.78 is 41.5. The number of hydrogen-bond donors (Lipinski definition) is 4. The number of carbonyl (C=O) groups is 1. The number of oxime groups is 1. The van der Waals surface area contributed by atoms with E-state index in [4.69, 9.17) is 22.0 Å². The molecule has 0 spiro atoms. The number of nitrogens with one attached hydrogen (secondary N) is 1. The molecule has 11 nitrogen and oxygen atoms in total. The summed E-state index contributed by atoms with van der Waals surface area (Å²) in [6, 6.07) is 6.37. The number of aromatic nitrogens is 1. The fourth-order valence-corrected chi connectivity index (χ4v) is 4.07. The van der Waals surface area contributed by atoms with Gasteiger partial charge in [0.15, 0.2) is 12.1 Å². The minimum atomic E-state index is -4.08. The van der Waals surface area contributed by atoms with Crippen molar-refractivity contribution in [1.29, 1.82) is 0 Å². The highest BCUT2D eigenvalue weighted by Crippen LogP contribution is 2.18. The first kappa shape index (κ1) is 23.7. The monoisotopic (exact) mass is 454 g/mol. The van der Waals surface area contributed by atoms with Gasteiger partial charge in [-0.2, -0.15) is 0 Å². The maximum Gasteiger partial charge on any atom is 0.275 e. The van der Waals surface area contributed by atoms with Gasteiger partial charge in [-0.3, -0.25) is 18.9 Å². The number of hydrogen-bond acceptors (Lipinski definition) is 6. The predicted molar refractivity (Wildman–Crippen MR) is 113 cm³/mol. The maximum absolute atomic E-state index is 13.3. The van der Waals surface area contributed by atoms with Gasteiger partial charge >= 0.3 is 0 Å². The predicted octanol–water partition coefficient (Wildman–Crippen LogP) is -0.142.